The molecule has 0 aromatic rings. The molecule has 0 saturated carbocycles. The van der Waals surface area contributed by atoms with Crippen molar-refractivity contribution < 1.29 is 54.2 Å². The van der Waals surface area contributed by atoms with Gasteiger partial charge in [0, 0.05) is 11.8 Å². The Kier molecular flexibility index (Phi) is 6.52. The molecule has 9 heteroatoms. The Labute approximate surface area is 154 Å². The van der Waals surface area contributed by atoms with E-state index in [-0.39, 0.29) is 41.2 Å². The number of carbonyl (C=O) groups is 3. The molecule has 7 nitrogen and oxygen atoms in total. The number of carboxylic acid groups (broad SMARTS) is 1. The van der Waals surface area contributed by atoms with Crippen LogP contribution in [0.4, 0.5) is 0 Å². The molecule has 0 radical (unpaired) electrons. The van der Waals surface area contributed by atoms with Gasteiger partial charge < -0.3 is 25.2 Å². The molecule has 0 bridgehead atoms. The van der Waals surface area contributed by atoms with Crippen LogP contribution in [0.25, 0.3) is 0 Å². The summed E-state index contributed by atoms with van der Waals surface area (Å²) >= 11 is 1.26. The topological polar surface area (TPSA) is 110 Å². The van der Waals surface area contributed by atoms with Gasteiger partial charge in [0.25, 0.3) is 0 Å². The van der Waals surface area contributed by atoms with Gasteiger partial charge in [-0.05, 0) is 12.7 Å². The van der Waals surface area contributed by atoms with Gasteiger partial charge in [-0.3, -0.25) is 9.59 Å². The van der Waals surface area contributed by atoms with E-state index in [2.05, 4.69) is 5.32 Å². The van der Waals surface area contributed by atoms with Crippen molar-refractivity contribution in [2.75, 3.05) is 5.75 Å². The minimum Gasteiger partial charge on any atom is -0.543 e. The Morgan fingerprint density at radius 2 is 2.09 bits per heavy atom. The van der Waals surface area contributed by atoms with Crippen LogP contribution in [0.2, 0.25) is 0 Å². The third-order valence-corrected chi connectivity index (χ3v) is 4.71. The second-order valence-corrected chi connectivity index (χ2v) is 6.38. The number of aliphatic hydroxyl groups excluding tert-OH is 1. The number of hydrogen-bond acceptors (Lipinski definition) is 6. The molecule has 0 aliphatic carbocycles. The molecule has 0 aromatic carbocycles. The number of rotatable bonds is 5. The van der Waals surface area contributed by atoms with Crippen LogP contribution >= 0.6 is 11.8 Å². The SMILES string of the molecule is CCSC1=C(C(=O)[O-])N2C(=O)C(C(C)O)[C@H]2C1NC(C)=O.[Na+]. The zero-order valence-electron chi connectivity index (χ0n) is 13.0. The van der Waals surface area contributed by atoms with Gasteiger partial charge in [-0.15, -0.1) is 11.8 Å². The zero-order chi connectivity index (χ0) is 15.9. The molecule has 2 rings (SSSR count). The number of aliphatic carboxylic acids is 1. The molecule has 2 amide bonds. The van der Waals surface area contributed by atoms with Crippen molar-refractivity contribution in [3.63, 3.8) is 0 Å². The van der Waals surface area contributed by atoms with Gasteiger partial charge in [0.1, 0.15) is 0 Å². The van der Waals surface area contributed by atoms with Crippen LogP contribution in [0, 0.1) is 5.92 Å². The van der Waals surface area contributed by atoms with Crippen LogP contribution in [0.3, 0.4) is 0 Å². The number of nitrogens with one attached hydrogen (secondary N) is 1. The maximum atomic E-state index is 12.1. The second-order valence-electron chi connectivity index (χ2n) is 5.08. The maximum absolute atomic E-state index is 12.1. The van der Waals surface area contributed by atoms with Crippen molar-refractivity contribution in [3.8, 4) is 0 Å². The second kappa shape index (κ2) is 7.35. The molecular formula is C13H17N2NaO5S. The summed E-state index contributed by atoms with van der Waals surface area (Å²) in [6.45, 7) is 4.65. The van der Waals surface area contributed by atoms with Crippen LogP contribution in [0.15, 0.2) is 10.6 Å². The number of amides is 2. The first-order chi connectivity index (χ1) is 9.81. The molecule has 3 unspecified atom stereocenters. The quantitative estimate of drug-likeness (QED) is 0.386. The first kappa shape index (κ1) is 19.5. The predicted octanol–water partition coefficient (Wildman–Crippen LogP) is -4.57. The Hall–Kier alpha value is -0.540. The summed E-state index contributed by atoms with van der Waals surface area (Å²) in [5.41, 5.74) is -0.188. The minimum absolute atomic E-state index is 0. The molecular weight excluding hydrogens is 319 g/mol. The molecule has 2 aliphatic heterocycles. The van der Waals surface area contributed by atoms with Crippen LogP contribution in [-0.2, 0) is 14.4 Å². The fourth-order valence-electron chi connectivity index (χ4n) is 2.94. The molecule has 1 fully saturated rings. The Balaban J connectivity index is 0.00000242. The number of β-lactam (4-membered cyclic amide) rings is 1. The van der Waals surface area contributed by atoms with Gasteiger partial charge >= 0.3 is 29.6 Å². The van der Waals surface area contributed by atoms with E-state index in [1.54, 1.807) is 0 Å². The Morgan fingerprint density at radius 3 is 2.50 bits per heavy atom. The molecule has 4 atom stereocenters. The monoisotopic (exact) mass is 336 g/mol. The van der Waals surface area contributed by atoms with Crippen molar-refractivity contribution in [2.45, 2.75) is 39.0 Å². The zero-order valence-corrected chi connectivity index (χ0v) is 15.8. The fraction of sp³-hybridized carbons (Fsp3) is 0.615. The molecule has 0 spiro atoms. The third-order valence-electron chi connectivity index (χ3n) is 3.66. The van der Waals surface area contributed by atoms with Crippen LogP contribution < -0.4 is 40.0 Å². The number of carbonyl (C=O) groups excluding carboxylic acids is 3. The molecule has 2 heterocycles. The summed E-state index contributed by atoms with van der Waals surface area (Å²) in [5.74, 6) is -2.34. The number of nitrogens with zero attached hydrogens (tertiary/aromatic N) is 1. The van der Waals surface area contributed by atoms with E-state index in [0.29, 0.717) is 10.7 Å². The predicted molar refractivity (Wildman–Crippen MR) is 73.6 cm³/mol. The van der Waals surface area contributed by atoms with Gasteiger partial charge in [-0.25, -0.2) is 0 Å². The molecule has 116 valence electrons. The first-order valence-electron chi connectivity index (χ1n) is 6.67. The first-order valence-corrected chi connectivity index (χ1v) is 7.66. The van der Waals surface area contributed by atoms with E-state index in [1.807, 2.05) is 6.92 Å². The summed E-state index contributed by atoms with van der Waals surface area (Å²) in [5, 5.41) is 23.8. The molecule has 22 heavy (non-hydrogen) atoms. The van der Waals surface area contributed by atoms with E-state index < -0.39 is 36.0 Å². The van der Waals surface area contributed by atoms with E-state index in [1.165, 1.54) is 25.6 Å². The number of aliphatic hydroxyl groups is 1. The average Bonchev–Trinajstić information content (AvgIpc) is 2.60. The van der Waals surface area contributed by atoms with Crippen molar-refractivity contribution in [1.82, 2.24) is 10.2 Å². The van der Waals surface area contributed by atoms with Crippen molar-refractivity contribution in [1.29, 1.82) is 0 Å². The van der Waals surface area contributed by atoms with Gasteiger partial charge in [-0.2, -0.15) is 0 Å². The molecule has 1 saturated heterocycles. The van der Waals surface area contributed by atoms with Gasteiger partial charge in [0.2, 0.25) is 11.8 Å². The normalized spacial score (nSPS) is 27.7. The summed E-state index contributed by atoms with van der Waals surface area (Å²) in [7, 11) is 0. The van der Waals surface area contributed by atoms with Crippen LogP contribution in [-0.4, -0.2) is 51.7 Å². The minimum atomic E-state index is -1.44. The number of thioether (sulfide) groups is 1. The average molecular weight is 336 g/mol. The van der Waals surface area contributed by atoms with Gasteiger partial charge in [0.15, 0.2) is 0 Å². The summed E-state index contributed by atoms with van der Waals surface area (Å²) in [6, 6.07) is -1.18. The van der Waals surface area contributed by atoms with E-state index >= 15 is 0 Å². The van der Waals surface area contributed by atoms with E-state index in [9.17, 15) is 24.6 Å². The van der Waals surface area contributed by atoms with Crippen molar-refractivity contribution in [3.05, 3.63) is 10.6 Å². The van der Waals surface area contributed by atoms with Crippen LogP contribution in [0.1, 0.15) is 20.8 Å². The summed E-state index contributed by atoms with van der Waals surface area (Å²) in [6.07, 6.45) is -0.913. The number of fused-ring (bicyclic) bond motifs is 1. The van der Waals surface area contributed by atoms with E-state index in [4.69, 9.17) is 0 Å². The summed E-state index contributed by atoms with van der Waals surface area (Å²) in [4.78, 5) is 36.4. The smallest absolute Gasteiger partial charge is 0.543 e. The van der Waals surface area contributed by atoms with E-state index in [0.717, 1.165) is 4.90 Å². The Bertz CT molecular complexity index is 537. The van der Waals surface area contributed by atoms with Gasteiger partial charge in [-0.1, -0.05) is 6.92 Å². The van der Waals surface area contributed by atoms with Gasteiger partial charge in [0.05, 0.1) is 35.8 Å². The number of carboxylic acids is 1. The maximum Gasteiger partial charge on any atom is 1.00 e. The summed E-state index contributed by atoms with van der Waals surface area (Å²) < 4.78 is 0. The largest absolute Gasteiger partial charge is 1.00 e. The van der Waals surface area contributed by atoms with Crippen molar-refractivity contribution in [2.24, 2.45) is 5.92 Å². The third kappa shape index (κ3) is 3.07. The fourth-order valence-corrected chi connectivity index (χ4v) is 3.95. The molecule has 2 aliphatic rings. The van der Waals surface area contributed by atoms with Crippen LogP contribution in [0.5, 0.6) is 0 Å². The molecule has 0 aromatic heterocycles. The van der Waals surface area contributed by atoms with Crippen molar-refractivity contribution >= 4 is 29.5 Å². The number of hydrogen-bond donors (Lipinski definition) is 2. The Morgan fingerprint density at radius 1 is 1.50 bits per heavy atom. The standard InChI is InChI=1S/C13H18N2O5S.Na/c1-4-21-11-8(14-6(3)17)9-7(5(2)16)12(18)15(9)10(11)13(19)20;/h5,7-9,16H,4H2,1-3H3,(H,14,17)(H,19,20);/q;+1/p-1/t5?,7?,8?,9-;/m0./s1. The molecule has 2 N–H and O–H groups in total.